The van der Waals surface area contributed by atoms with Gasteiger partial charge in [0.05, 0.1) is 18.0 Å². The smallest absolute Gasteiger partial charge is 0.195 e. The van der Waals surface area contributed by atoms with Crippen molar-refractivity contribution in [1.82, 2.24) is 20.0 Å². The Balaban J connectivity index is 1.83. The number of rotatable bonds is 6. The van der Waals surface area contributed by atoms with Crippen LogP contribution in [0, 0.1) is 18.3 Å². The van der Waals surface area contributed by atoms with E-state index in [1.807, 2.05) is 56.3 Å². The Morgan fingerprint density at radius 3 is 2.53 bits per heavy atom. The van der Waals surface area contributed by atoms with Crippen LogP contribution in [0.1, 0.15) is 29.4 Å². The fraction of sp³-hybridized carbons (Fsp3) is 0.174. The molecule has 0 bridgehead atoms. The average Bonchev–Trinajstić information content (AvgIpc) is 3.10. The SMILES string of the molecule is CCOC=Nc1nn(-c2nnc(Cc3ccccc3)c3ccccc23)c(C)c1C#N. The molecule has 30 heavy (non-hydrogen) atoms. The van der Waals surface area contributed by atoms with Gasteiger partial charge in [0.1, 0.15) is 11.6 Å². The van der Waals surface area contributed by atoms with E-state index in [9.17, 15) is 5.26 Å². The number of hydrogen-bond acceptors (Lipinski definition) is 6. The molecule has 148 valence electrons. The zero-order chi connectivity index (χ0) is 20.9. The molecule has 4 rings (SSSR count). The molecule has 0 fully saturated rings. The molecule has 2 heterocycles. The number of ether oxygens (including phenoxy) is 1. The van der Waals surface area contributed by atoms with E-state index < -0.39 is 0 Å². The van der Waals surface area contributed by atoms with E-state index >= 15 is 0 Å². The monoisotopic (exact) mass is 396 g/mol. The highest BCUT2D eigenvalue weighted by Gasteiger charge is 2.19. The number of benzene rings is 2. The third-order valence-electron chi connectivity index (χ3n) is 4.79. The van der Waals surface area contributed by atoms with Crippen molar-refractivity contribution in [3.05, 3.63) is 77.1 Å². The molecular weight excluding hydrogens is 376 g/mol. The van der Waals surface area contributed by atoms with Crippen molar-refractivity contribution in [2.24, 2.45) is 4.99 Å². The Morgan fingerprint density at radius 2 is 1.80 bits per heavy atom. The normalized spacial score (nSPS) is 11.1. The molecule has 0 N–H and O–H groups in total. The summed E-state index contributed by atoms with van der Waals surface area (Å²) in [6.45, 7) is 4.17. The van der Waals surface area contributed by atoms with Crippen LogP contribution in [0.15, 0.2) is 59.6 Å². The minimum atomic E-state index is 0.294. The number of nitriles is 1. The molecule has 2 aromatic carbocycles. The van der Waals surface area contributed by atoms with Gasteiger partial charge in [-0.05, 0) is 19.4 Å². The first-order valence-electron chi connectivity index (χ1n) is 9.65. The molecule has 0 atom stereocenters. The fourth-order valence-corrected chi connectivity index (χ4v) is 3.30. The van der Waals surface area contributed by atoms with Crippen molar-refractivity contribution in [2.45, 2.75) is 20.3 Å². The maximum Gasteiger partial charge on any atom is 0.195 e. The number of nitrogens with zero attached hydrogens (tertiary/aromatic N) is 6. The molecule has 0 saturated heterocycles. The summed E-state index contributed by atoms with van der Waals surface area (Å²) >= 11 is 0. The van der Waals surface area contributed by atoms with Gasteiger partial charge < -0.3 is 4.74 Å². The number of fused-ring (bicyclic) bond motifs is 1. The van der Waals surface area contributed by atoms with E-state index in [0.29, 0.717) is 35.9 Å². The third kappa shape index (κ3) is 3.63. The highest BCUT2D eigenvalue weighted by atomic mass is 16.5. The van der Waals surface area contributed by atoms with Gasteiger partial charge in [-0.2, -0.15) is 15.4 Å². The molecule has 0 aliphatic rings. The second kappa shape index (κ2) is 8.53. The lowest BCUT2D eigenvalue weighted by molar-refractivity contribution is 0.344. The summed E-state index contributed by atoms with van der Waals surface area (Å²) in [5.74, 6) is 0.858. The van der Waals surface area contributed by atoms with Crippen LogP contribution in [0.2, 0.25) is 0 Å². The Kier molecular flexibility index (Phi) is 5.48. The summed E-state index contributed by atoms with van der Waals surface area (Å²) in [6.07, 6.45) is 1.99. The van der Waals surface area contributed by atoms with E-state index in [1.165, 1.54) is 12.0 Å². The molecule has 2 aromatic heterocycles. The molecule has 0 radical (unpaired) electrons. The molecule has 0 amide bonds. The number of hydrogen-bond donors (Lipinski definition) is 0. The maximum atomic E-state index is 9.58. The lowest BCUT2D eigenvalue weighted by Gasteiger charge is -2.10. The molecule has 0 unspecified atom stereocenters. The quantitative estimate of drug-likeness (QED) is 0.358. The maximum absolute atomic E-state index is 9.58. The molecular formula is C23H20N6O. The van der Waals surface area contributed by atoms with Crippen molar-refractivity contribution in [3.8, 4) is 11.9 Å². The van der Waals surface area contributed by atoms with Crippen LogP contribution in [0.3, 0.4) is 0 Å². The Bertz CT molecular complexity index is 1250. The summed E-state index contributed by atoms with van der Waals surface area (Å²) in [5, 5.41) is 25.0. The van der Waals surface area contributed by atoms with Gasteiger partial charge in [0, 0.05) is 17.2 Å². The molecule has 7 nitrogen and oxygen atoms in total. The molecule has 0 saturated carbocycles. The van der Waals surface area contributed by atoms with E-state index in [0.717, 1.165) is 16.5 Å². The number of aromatic nitrogens is 4. The molecule has 4 aromatic rings. The first-order valence-corrected chi connectivity index (χ1v) is 9.65. The molecule has 0 aliphatic carbocycles. The fourth-order valence-electron chi connectivity index (χ4n) is 3.30. The van der Waals surface area contributed by atoms with Crippen LogP contribution in [-0.4, -0.2) is 33.0 Å². The van der Waals surface area contributed by atoms with Gasteiger partial charge in [-0.1, -0.05) is 54.6 Å². The largest absolute Gasteiger partial charge is 0.483 e. The van der Waals surface area contributed by atoms with Gasteiger partial charge in [-0.3, -0.25) is 0 Å². The molecule has 0 aliphatic heterocycles. The highest BCUT2D eigenvalue weighted by Crippen LogP contribution is 2.28. The minimum Gasteiger partial charge on any atom is -0.483 e. The van der Waals surface area contributed by atoms with Crippen molar-refractivity contribution in [2.75, 3.05) is 6.61 Å². The predicted molar refractivity (Wildman–Crippen MR) is 115 cm³/mol. The van der Waals surface area contributed by atoms with Crippen molar-refractivity contribution < 1.29 is 4.74 Å². The second-order valence-electron chi connectivity index (χ2n) is 6.68. The van der Waals surface area contributed by atoms with Crippen molar-refractivity contribution >= 4 is 23.0 Å². The lowest BCUT2D eigenvalue weighted by atomic mass is 10.0. The summed E-state index contributed by atoms with van der Waals surface area (Å²) < 4.78 is 6.78. The topological polar surface area (TPSA) is 89.0 Å². The van der Waals surface area contributed by atoms with Gasteiger partial charge in [-0.25, -0.2) is 4.68 Å². The molecule has 7 heteroatoms. The lowest BCUT2D eigenvalue weighted by Crippen LogP contribution is -2.07. The van der Waals surface area contributed by atoms with Gasteiger partial charge in [0.15, 0.2) is 18.0 Å². The zero-order valence-electron chi connectivity index (χ0n) is 16.8. The predicted octanol–water partition coefficient (Wildman–Crippen LogP) is 4.28. The van der Waals surface area contributed by atoms with Crippen LogP contribution in [-0.2, 0) is 11.2 Å². The van der Waals surface area contributed by atoms with Crippen LogP contribution in [0.4, 0.5) is 5.82 Å². The standard InChI is InChI=1S/C23H20N6O/c1-3-30-15-25-22-20(14-24)16(2)29(28-22)23-19-12-8-7-11-18(19)21(26-27-23)13-17-9-5-4-6-10-17/h4-12,15H,3,13H2,1-2H3. The van der Waals surface area contributed by atoms with Crippen molar-refractivity contribution in [3.63, 3.8) is 0 Å². The van der Waals surface area contributed by atoms with Crippen LogP contribution >= 0.6 is 0 Å². The summed E-state index contributed by atoms with van der Waals surface area (Å²) in [5.41, 5.74) is 3.08. The second-order valence-corrected chi connectivity index (χ2v) is 6.68. The van der Waals surface area contributed by atoms with E-state index in [-0.39, 0.29) is 0 Å². The first kappa shape index (κ1) is 19.3. The van der Waals surface area contributed by atoms with Crippen LogP contribution < -0.4 is 0 Å². The highest BCUT2D eigenvalue weighted by molar-refractivity contribution is 5.90. The van der Waals surface area contributed by atoms with Gasteiger partial charge in [0.25, 0.3) is 0 Å². The van der Waals surface area contributed by atoms with Gasteiger partial charge >= 0.3 is 0 Å². The summed E-state index contributed by atoms with van der Waals surface area (Å²) in [6, 6.07) is 20.3. The summed E-state index contributed by atoms with van der Waals surface area (Å²) in [4.78, 5) is 4.18. The average molecular weight is 396 g/mol. The van der Waals surface area contributed by atoms with Crippen LogP contribution in [0.25, 0.3) is 16.6 Å². The Morgan fingerprint density at radius 1 is 1.07 bits per heavy atom. The first-order chi connectivity index (χ1) is 14.7. The van der Waals surface area contributed by atoms with E-state index in [1.54, 1.807) is 4.68 Å². The van der Waals surface area contributed by atoms with E-state index in [2.05, 4.69) is 38.5 Å². The van der Waals surface area contributed by atoms with E-state index in [4.69, 9.17) is 4.74 Å². The van der Waals surface area contributed by atoms with Crippen molar-refractivity contribution in [1.29, 1.82) is 5.26 Å². The summed E-state index contributed by atoms with van der Waals surface area (Å²) in [7, 11) is 0. The zero-order valence-corrected chi connectivity index (χ0v) is 16.8. The van der Waals surface area contributed by atoms with Gasteiger partial charge in [-0.15, -0.1) is 10.2 Å². The van der Waals surface area contributed by atoms with Crippen LogP contribution in [0.5, 0.6) is 0 Å². The third-order valence-corrected chi connectivity index (χ3v) is 4.79. The minimum absolute atomic E-state index is 0.294. The Hall–Kier alpha value is -4.05. The number of aliphatic imine (C=N–C) groups is 1. The molecule has 0 spiro atoms. The Labute approximate surface area is 174 Å². The van der Waals surface area contributed by atoms with Gasteiger partial charge in [0.2, 0.25) is 0 Å².